The largest absolute Gasteiger partial charge is 0.378 e. The molecule has 0 bridgehead atoms. The maximum Gasteiger partial charge on any atom is 0.271 e. The number of nitro groups is 1. The van der Waals surface area contributed by atoms with Crippen molar-refractivity contribution >= 4 is 28.4 Å². The van der Waals surface area contributed by atoms with Gasteiger partial charge in [-0.15, -0.1) is 15.0 Å². The number of hydrogen-bond acceptors (Lipinski definition) is 6. The van der Waals surface area contributed by atoms with E-state index >= 15 is 0 Å². The number of nitro benzene ring substituents is 1. The number of benzene rings is 2. The van der Waals surface area contributed by atoms with E-state index in [9.17, 15) is 10.1 Å². The van der Waals surface area contributed by atoms with Gasteiger partial charge in [0.15, 0.2) is 0 Å². The quantitative estimate of drug-likeness (QED) is 0.303. The van der Waals surface area contributed by atoms with E-state index in [1.54, 1.807) is 12.1 Å². The van der Waals surface area contributed by atoms with Crippen molar-refractivity contribution in [2.24, 2.45) is 4.99 Å². The Kier molecular flexibility index (Phi) is 4.28. The lowest BCUT2D eigenvalue weighted by Gasteiger charge is -2.28. The van der Waals surface area contributed by atoms with Gasteiger partial charge in [-0.3, -0.25) is 10.1 Å². The number of nitrogens with zero attached hydrogens (tertiary/aromatic N) is 6. The minimum absolute atomic E-state index is 0.00818. The van der Waals surface area contributed by atoms with E-state index in [0.29, 0.717) is 38.0 Å². The Balaban J connectivity index is 1.79. The smallest absolute Gasteiger partial charge is 0.271 e. The summed E-state index contributed by atoms with van der Waals surface area (Å²) in [4.78, 5) is 18.7. The lowest BCUT2D eigenvalue weighted by molar-refractivity contribution is -0.384. The van der Waals surface area contributed by atoms with E-state index in [4.69, 9.17) is 4.74 Å². The summed E-state index contributed by atoms with van der Waals surface area (Å²) in [6.45, 7) is 2.45. The summed E-state index contributed by atoms with van der Waals surface area (Å²) in [5.74, 6) is 0.519. The molecule has 3 aromatic rings. The highest BCUT2D eigenvalue weighted by atomic mass is 16.6. The van der Waals surface area contributed by atoms with Crippen LogP contribution in [-0.2, 0) is 4.74 Å². The molecule has 1 saturated heterocycles. The van der Waals surface area contributed by atoms with Crippen molar-refractivity contribution in [2.45, 2.75) is 0 Å². The van der Waals surface area contributed by atoms with Gasteiger partial charge in [0.1, 0.15) is 11.0 Å². The molecule has 0 saturated carbocycles. The minimum Gasteiger partial charge on any atom is -0.378 e. The van der Waals surface area contributed by atoms with Crippen molar-refractivity contribution in [3.63, 3.8) is 0 Å². The van der Waals surface area contributed by atoms with E-state index in [2.05, 4.69) is 15.2 Å². The van der Waals surface area contributed by atoms with Crippen LogP contribution in [0.2, 0.25) is 0 Å². The van der Waals surface area contributed by atoms with E-state index in [0.717, 1.165) is 11.0 Å². The van der Waals surface area contributed by atoms with Gasteiger partial charge in [-0.25, -0.2) is 4.99 Å². The number of fused-ring (bicyclic) bond motifs is 1. The van der Waals surface area contributed by atoms with E-state index < -0.39 is 4.92 Å². The first kappa shape index (κ1) is 16.2. The maximum atomic E-state index is 11.0. The molecule has 0 amide bonds. The van der Waals surface area contributed by atoms with Gasteiger partial charge < -0.3 is 9.64 Å². The number of non-ortho nitro benzene ring substituents is 1. The zero-order valence-electron chi connectivity index (χ0n) is 13.9. The molecule has 0 radical (unpaired) electrons. The van der Waals surface area contributed by atoms with Crippen LogP contribution >= 0.6 is 0 Å². The predicted octanol–water partition coefficient (Wildman–Crippen LogP) is 2.21. The summed E-state index contributed by atoms with van der Waals surface area (Å²) in [6.07, 6.45) is 0. The molecule has 1 aliphatic rings. The normalized spacial score (nSPS) is 15.4. The number of aromatic nitrogens is 3. The van der Waals surface area contributed by atoms with Crippen molar-refractivity contribution < 1.29 is 9.66 Å². The van der Waals surface area contributed by atoms with E-state index in [1.165, 1.54) is 16.9 Å². The molecular weight excluding hydrogens is 336 g/mol. The van der Waals surface area contributed by atoms with Crippen LogP contribution in [0.3, 0.4) is 0 Å². The summed E-state index contributed by atoms with van der Waals surface area (Å²) in [6, 6.07) is 13.8. The second-order valence-electron chi connectivity index (χ2n) is 5.77. The molecule has 0 N–H and O–H groups in total. The van der Waals surface area contributed by atoms with Gasteiger partial charge in [-0.05, 0) is 18.2 Å². The second-order valence-corrected chi connectivity index (χ2v) is 5.77. The Labute approximate surface area is 148 Å². The first-order chi connectivity index (χ1) is 12.7. The molecule has 0 spiro atoms. The number of ether oxygens (including phenoxy) is 1. The third-order valence-electron chi connectivity index (χ3n) is 4.03. The Bertz CT molecular complexity index is 944. The lowest BCUT2D eigenvalue weighted by Crippen LogP contribution is -2.44. The molecular formula is C17H16N6O3. The summed E-state index contributed by atoms with van der Waals surface area (Å²) < 4.78 is 5.41. The maximum absolute atomic E-state index is 11.0. The molecule has 0 aliphatic carbocycles. The molecule has 2 heterocycles. The fraction of sp³-hybridized carbons (Fsp3) is 0.235. The van der Waals surface area contributed by atoms with Gasteiger partial charge in [0, 0.05) is 25.2 Å². The van der Waals surface area contributed by atoms with Crippen LogP contribution in [0.5, 0.6) is 0 Å². The molecule has 132 valence electrons. The molecule has 4 rings (SSSR count). The average molecular weight is 352 g/mol. The van der Waals surface area contributed by atoms with Crippen molar-refractivity contribution in [1.82, 2.24) is 19.9 Å². The zero-order valence-corrected chi connectivity index (χ0v) is 13.9. The predicted molar refractivity (Wildman–Crippen MR) is 95.5 cm³/mol. The first-order valence-corrected chi connectivity index (χ1v) is 8.19. The highest BCUT2D eigenvalue weighted by Crippen LogP contribution is 2.21. The summed E-state index contributed by atoms with van der Waals surface area (Å²) in [7, 11) is 0. The lowest BCUT2D eigenvalue weighted by atomic mass is 10.3. The fourth-order valence-electron chi connectivity index (χ4n) is 2.75. The molecule has 1 fully saturated rings. The van der Waals surface area contributed by atoms with Crippen LogP contribution in [0.15, 0.2) is 53.5 Å². The Morgan fingerprint density at radius 3 is 2.42 bits per heavy atom. The highest BCUT2D eigenvalue weighted by molar-refractivity contribution is 5.86. The molecule has 9 heteroatoms. The van der Waals surface area contributed by atoms with Crippen molar-refractivity contribution in [3.05, 3.63) is 58.6 Å². The van der Waals surface area contributed by atoms with Crippen molar-refractivity contribution in [2.75, 3.05) is 26.3 Å². The molecule has 0 unspecified atom stereocenters. The molecule has 2 aromatic carbocycles. The molecule has 1 aromatic heterocycles. The summed E-state index contributed by atoms with van der Waals surface area (Å²) >= 11 is 0. The SMILES string of the molecule is O=[N+]([O-])c1cccc(N=C(N2CCOCC2)n2nc3ccccc3n2)c1. The van der Waals surface area contributed by atoms with Gasteiger partial charge in [-0.2, -0.15) is 0 Å². The summed E-state index contributed by atoms with van der Waals surface area (Å²) in [5.41, 5.74) is 1.98. The second kappa shape index (κ2) is 6.89. The highest BCUT2D eigenvalue weighted by Gasteiger charge is 2.20. The number of hydrogen-bond donors (Lipinski definition) is 0. The van der Waals surface area contributed by atoms with Crippen LogP contribution in [0, 0.1) is 10.1 Å². The van der Waals surface area contributed by atoms with Crippen LogP contribution in [0.4, 0.5) is 11.4 Å². The molecule has 1 aliphatic heterocycles. The Morgan fingerprint density at radius 2 is 1.77 bits per heavy atom. The molecule has 0 atom stereocenters. The fourth-order valence-corrected chi connectivity index (χ4v) is 2.75. The molecule has 9 nitrogen and oxygen atoms in total. The topological polar surface area (TPSA) is 98.7 Å². The van der Waals surface area contributed by atoms with Gasteiger partial charge in [0.2, 0.25) is 5.96 Å². The number of morpholine rings is 1. The number of rotatable bonds is 2. The van der Waals surface area contributed by atoms with E-state index in [1.807, 2.05) is 29.2 Å². The van der Waals surface area contributed by atoms with Crippen LogP contribution in [0.1, 0.15) is 0 Å². The number of aliphatic imine (C=N–C) groups is 1. The Morgan fingerprint density at radius 1 is 1.08 bits per heavy atom. The van der Waals surface area contributed by atoms with Gasteiger partial charge in [0.25, 0.3) is 5.69 Å². The Hall–Kier alpha value is -3.33. The van der Waals surface area contributed by atoms with Crippen LogP contribution in [0.25, 0.3) is 11.0 Å². The van der Waals surface area contributed by atoms with Gasteiger partial charge >= 0.3 is 0 Å². The third kappa shape index (κ3) is 3.24. The average Bonchev–Trinajstić information content (AvgIpc) is 3.11. The van der Waals surface area contributed by atoms with Gasteiger partial charge in [0.05, 0.1) is 23.8 Å². The van der Waals surface area contributed by atoms with Crippen molar-refractivity contribution in [3.8, 4) is 0 Å². The molecule has 26 heavy (non-hydrogen) atoms. The minimum atomic E-state index is -0.437. The zero-order chi connectivity index (χ0) is 17.9. The van der Waals surface area contributed by atoms with Crippen molar-refractivity contribution in [1.29, 1.82) is 0 Å². The standard InChI is InChI=1S/C17H16N6O3/c24-23(25)14-5-3-4-13(12-14)18-17(21-8-10-26-11-9-21)22-19-15-6-1-2-7-16(15)20-22/h1-7,12H,8-11H2. The van der Waals surface area contributed by atoms with Crippen LogP contribution in [-0.4, -0.2) is 57.1 Å². The van der Waals surface area contributed by atoms with Gasteiger partial charge in [-0.1, -0.05) is 18.2 Å². The monoisotopic (exact) mass is 352 g/mol. The van der Waals surface area contributed by atoms with E-state index in [-0.39, 0.29) is 5.69 Å². The summed E-state index contributed by atoms with van der Waals surface area (Å²) in [5, 5.41) is 20.0. The van der Waals surface area contributed by atoms with Crippen LogP contribution < -0.4 is 0 Å². The third-order valence-corrected chi connectivity index (χ3v) is 4.03. The first-order valence-electron chi connectivity index (χ1n) is 8.19.